The summed E-state index contributed by atoms with van der Waals surface area (Å²) in [6.45, 7) is 4.17. The molecular formula is C20H25F3IN3O2. The van der Waals surface area contributed by atoms with E-state index in [9.17, 15) is 18.3 Å². The number of nitrogens with zero attached hydrogens (tertiary/aromatic N) is 1. The molecule has 0 aliphatic carbocycles. The first-order chi connectivity index (χ1) is 13.2. The van der Waals surface area contributed by atoms with E-state index < -0.39 is 6.36 Å². The maximum absolute atomic E-state index is 12.2. The van der Waals surface area contributed by atoms with Crippen molar-refractivity contribution in [1.82, 2.24) is 0 Å². The van der Waals surface area contributed by atoms with Gasteiger partial charge >= 0.3 is 6.36 Å². The molecule has 0 heterocycles. The number of nitrogens with one attached hydrogen (secondary N) is 1. The van der Waals surface area contributed by atoms with Gasteiger partial charge in [0.05, 0.1) is 0 Å². The molecule has 0 fully saturated rings. The summed E-state index contributed by atoms with van der Waals surface area (Å²) in [6.07, 6.45) is -4.27. The lowest BCUT2D eigenvalue weighted by Crippen LogP contribution is -2.25. The Morgan fingerprint density at radius 1 is 1.14 bits per heavy atom. The molecule has 0 radical (unpaired) electrons. The SMILES string of the molecule is Cc1ccc(NC(N)=NCC(CO)Cc2ccc(OC(F)(F)F)cc2)cc1C.I. The van der Waals surface area contributed by atoms with Gasteiger partial charge in [-0.05, 0) is 61.2 Å². The van der Waals surface area contributed by atoms with Gasteiger partial charge in [-0.15, -0.1) is 37.1 Å². The quantitative estimate of drug-likeness (QED) is 0.286. The highest BCUT2D eigenvalue weighted by atomic mass is 127. The Morgan fingerprint density at radius 3 is 2.34 bits per heavy atom. The number of hydrogen-bond acceptors (Lipinski definition) is 3. The number of halogens is 4. The van der Waals surface area contributed by atoms with E-state index in [4.69, 9.17) is 5.73 Å². The van der Waals surface area contributed by atoms with Gasteiger partial charge in [0, 0.05) is 24.8 Å². The number of anilines is 1. The number of aliphatic hydroxyl groups is 1. The average molecular weight is 523 g/mol. The molecule has 0 spiro atoms. The number of aliphatic hydroxyl groups excluding tert-OH is 1. The van der Waals surface area contributed by atoms with Gasteiger partial charge in [-0.1, -0.05) is 18.2 Å². The summed E-state index contributed by atoms with van der Waals surface area (Å²) in [5.74, 6) is -0.262. The topological polar surface area (TPSA) is 79.9 Å². The van der Waals surface area contributed by atoms with Crippen molar-refractivity contribution in [2.75, 3.05) is 18.5 Å². The van der Waals surface area contributed by atoms with Crippen LogP contribution >= 0.6 is 24.0 Å². The van der Waals surface area contributed by atoms with Crippen LogP contribution in [0.25, 0.3) is 0 Å². The van der Waals surface area contributed by atoms with Crippen LogP contribution in [-0.2, 0) is 6.42 Å². The molecule has 2 aromatic carbocycles. The van der Waals surface area contributed by atoms with Crippen LogP contribution in [0.15, 0.2) is 47.5 Å². The number of nitrogens with two attached hydrogens (primary N) is 1. The summed E-state index contributed by atoms with van der Waals surface area (Å²) < 4.78 is 40.4. The highest BCUT2D eigenvalue weighted by Crippen LogP contribution is 2.23. The molecular weight excluding hydrogens is 498 g/mol. The maximum Gasteiger partial charge on any atom is 0.573 e. The Labute approximate surface area is 185 Å². The number of rotatable bonds is 7. The smallest absolute Gasteiger partial charge is 0.406 e. The van der Waals surface area contributed by atoms with E-state index in [0.29, 0.717) is 6.42 Å². The number of aryl methyl sites for hydroxylation is 2. The summed E-state index contributed by atoms with van der Waals surface area (Å²) >= 11 is 0. The first-order valence-electron chi connectivity index (χ1n) is 8.76. The zero-order valence-electron chi connectivity index (χ0n) is 16.2. The molecule has 5 nitrogen and oxygen atoms in total. The molecule has 29 heavy (non-hydrogen) atoms. The minimum atomic E-state index is -4.72. The van der Waals surface area contributed by atoms with E-state index in [1.807, 2.05) is 32.0 Å². The van der Waals surface area contributed by atoms with Gasteiger partial charge in [0.1, 0.15) is 5.75 Å². The molecule has 1 atom stereocenters. The molecule has 0 saturated heterocycles. The summed E-state index contributed by atoms with van der Waals surface area (Å²) in [6, 6.07) is 11.4. The third kappa shape index (κ3) is 8.90. The second-order valence-electron chi connectivity index (χ2n) is 6.59. The van der Waals surface area contributed by atoms with Crippen LogP contribution in [-0.4, -0.2) is 30.6 Å². The third-order valence-corrected chi connectivity index (χ3v) is 4.24. The zero-order valence-corrected chi connectivity index (χ0v) is 18.5. The highest BCUT2D eigenvalue weighted by molar-refractivity contribution is 14.0. The summed E-state index contributed by atoms with van der Waals surface area (Å²) in [5, 5.41) is 12.6. The first-order valence-corrected chi connectivity index (χ1v) is 8.76. The van der Waals surface area contributed by atoms with Crippen LogP contribution < -0.4 is 15.8 Å². The molecule has 4 N–H and O–H groups in total. The van der Waals surface area contributed by atoms with E-state index in [1.54, 1.807) is 0 Å². The Hall–Kier alpha value is -2.01. The predicted octanol–water partition coefficient (Wildman–Crippen LogP) is 4.40. The van der Waals surface area contributed by atoms with Gasteiger partial charge in [0.2, 0.25) is 0 Å². The number of aliphatic imine (C=N–C) groups is 1. The van der Waals surface area contributed by atoms with E-state index in [1.165, 1.54) is 29.8 Å². The largest absolute Gasteiger partial charge is 0.573 e. The first kappa shape index (κ1) is 25.0. The number of ether oxygens (including phenoxy) is 1. The van der Waals surface area contributed by atoms with Crippen molar-refractivity contribution in [2.24, 2.45) is 16.6 Å². The molecule has 0 aliphatic rings. The molecule has 0 aliphatic heterocycles. The van der Waals surface area contributed by atoms with Gasteiger partial charge in [0.15, 0.2) is 5.96 Å². The van der Waals surface area contributed by atoms with Crippen LogP contribution in [0.5, 0.6) is 5.75 Å². The minimum absolute atomic E-state index is 0. The number of guanidine groups is 1. The van der Waals surface area contributed by atoms with Crippen molar-refractivity contribution in [3.05, 3.63) is 59.2 Å². The maximum atomic E-state index is 12.2. The molecule has 0 bridgehead atoms. The van der Waals surface area contributed by atoms with Crippen molar-refractivity contribution in [1.29, 1.82) is 0 Å². The highest BCUT2D eigenvalue weighted by Gasteiger charge is 2.30. The normalized spacial score (nSPS) is 12.8. The lowest BCUT2D eigenvalue weighted by atomic mass is 10.0. The summed E-state index contributed by atoms with van der Waals surface area (Å²) in [7, 11) is 0. The van der Waals surface area contributed by atoms with Crippen molar-refractivity contribution >= 4 is 35.6 Å². The van der Waals surface area contributed by atoms with Gasteiger partial charge in [-0.25, -0.2) is 0 Å². The monoisotopic (exact) mass is 523 g/mol. The van der Waals surface area contributed by atoms with Crippen molar-refractivity contribution in [2.45, 2.75) is 26.6 Å². The molecule has 1 unspecified atom stereocenters. The standard InChI is InChI=1S/C20H24F3N3O2.HI/c1-13-3-6-17(9-14(13)2)26-19(24)25-11-16(12-27)10-15-4-7-18(8-5-15)28-20(21,22)23;/h3-9,16,27H,10-12H2,1-2H3,(H3,24,25,26);1H. The lowest BCUT2D eigenvalue weighted by molar-refractivity contribution is -0.274. The van der Waals surface area contributed by atoms with Crippen LogP contribution in [0, 0.1) is 19.8 Å². The Kier molecular flexibility index (Phi) is 9.71. The van der Waals surface area contributed by atoms with E-state index in [0.717, 1.165) is 16.8 Å². The molecule has 2 rings (SSSR count). The van der Waals surface area contributed by atoms with Gasteiger partial charge in [-0.2, -0.15) is 0 Å². The summed E-state index contributed by atoms with van der Waals surface area (Å²) in [4.78, 5) is 4.25. The van der Waals surface area contributed by atoms with E-state index >= 15 is 0 Å². The lowest BCUT2D eigenvalue weighted by Gasteiger charge is -2.14. The molecule has 160 valence electrons. The van der Waals surface area contributed by atoms with Crippen LogP contribution in [0.1, 0.15) is 16.7 Å². The second kappa shape index (κ2) is 11.2. The Morgan fingerprint density at radius 2 is 1.79 bits per heavy atom. The number of benzene rings is 2. The van der Waals surface area contributed by atoms with Crippen molar-refractivity contribution in [3.63, 3.8) is 0 Å². The summed E-state index contributed by atoms with van der Waals surface area (Å²) in [5.41, 5.74) is 9.80. The van der Waals surface area contributed by atoms with E-state index in [2.05, 4.69) is 15.0 Å². The fraction of sp³-hybridized carbons (Fsp3) is 0.350. The third-order valence-electron chi connectivity index (χ3n) is 4.24. The molecule has 0 aromatic heterocycles. The van der Waals surface area contributed by atoms with Gasteiger partial charge in [0.25, 0.3) is 0 Å². The molecule has 0 amide bonds. The fourth-order valence-electron chi connectivity index (χ4n) is 2.58. The minimum Gasteiger partial charge on any atom is -0.406 e. The Balaban J connectivity index is 0.00000420. The molecule has 2 aromatic rings. The number of alkyl halides is 3. The molecule has 0 saturated carbocycles. The van der Waals surface area contributed by atoms with Crippen molar-refractivity contribution < 1.29 is 23.0 Å². The Bertz CT molecular complexity index is 812. The fourth-order valence-corrected chi connectivity index (χ4v) is 2.58. The predicted molar refractivity (Wildman–Crippen MR) is 119 cm³/mol. The van der Waals surface area contributed by atoms with Crippen LogP contribution in [0.2, 0.25) is 0 Å². The van der Waals surface area contributed by atoms with Crippen LogP contribution in [0.4, 0.5) is 18.9 Å². The average Bonchev–Trinajstić information content (AvgIpc) is 2.62. The zero-order chi connectivity index (χ0) is 20.7. The number of hydrogen-bond donors (Lipinski definition) is 3. The van der Waals surface area contributed by atoms with Crippen LogP contribution in [0.3, 0.4) is 0 Å². The van der Waals surface area contributed by atoms with Crippen molar-refractivity contribution in [3.8, 4) is 5.75 Å². The second-order valence-corrected chi connectivity index (χ2v) is 6.59. The molecule has 9 heteroatoms. The van der Waals surface area contributed by atoms with Gasteiger partial charge in [-0.3, -0.25) is 4.99 Å². The van der Waals surface area contributed by atoms with Gasteiger partial charge < -0.3 is 20.9 Å². The van der Waals surface area contributed by atoms with E-state index in [-0.39, 0.29) is 54.8 Å².